The first-order valence-electron chi connectivity index (χ1n) is 5.88. The maximum atomic E-state index is 12.1. The molecule has 1 fully saturated rings. The molecule has 0 N–H and O–H groups in total. The van der Waals surface area contributed by atoms with Gasteiger partial charge >= 0.3 is 0 Å². The summed E-state index contributed by atoms with van der Waals surface area (Å²) in [5, 5.41) is 8.85. The molecule has 0 saturated carbocycles. The van der Waals surface area contributed by atoms with E-state index in [1.807, 2.05) is 7.05 Å². The van der Waals surface area contributed by atoms with Gasteiger partial charge in [0.2, 0.25) is 5.91 Å². The van der Waals surface area contributed by atoms with Crippen molar-refractivity contribution in [3.05, 3.63) is 0 Å². The van der Waals surface area contributed by atoms with Crippen LogP contribution in [-0.2, 0) is 4.79 Å². The number of rotatable bonds is 2. The van der Waals surface area contributed by atoms with Crippen LogP contribution >= 0.6 is 0 Å². The average molecular weight is 223 g/mol. The van der Waals surface area contributed by atoms with E-state index >= 15 is 0 Å². The fraction of sp³-hybridized carbons (Fsp3) is 0.833. The summed E-state index contributed by atoms with van der Waals surface area (Å²) in [5.41, 5.74) is 0. The van der Waals surface area contributed by atoms with Crippen LogP contribution in [0.25, 0.3) is 0 Å². The monoisotopic (exact) mass is 223 g/mol. The molecule has 1 aliphatic heterocycles. The van der Waals surface area contributed by atoms with Crippen LogP contribution in [0.15, 0.2) is 0 Å². The lowest BCUT2D eigenvalue weighted by molar-refractivity contribution is -0.135. The lowest BCUT2D eigenvalue weighted by Gasteiger charge is -2.35. The van der Waals surface area contributed by atoms with Crippen molar-refractivity contribution in [3.8, 4) is 6.07 Å². The Morgan fingerprint density at radius 3 is 2.69 bits per heavy atom. The molecule has 0 aliphatic carbocycles. The van der Waals surface area contributed by atoms with Crippen molar-refractivity contribution < 1.29 is 4.79 Å². The van der Waals surface area contributed by atoms with Crippen LogP contribution in [0.2, 0.25) is 0 Å². The third-order valence-corrected chi connectivity index (χ3v) is 3.29. The van der Waals surface area contributed by atoms with Gasteiger partial charge < -0.3 is 4.90 Å². The Kier molecular flexibility index (Phi) is 4.31. The van der Waals surface area contributed by atoms with E-state index in [1.54, 1.807) is 4.90 Å². The predicted octanol–water partition coefficient (Wildman–Crippen LogP) is 1.23. The van der Waals surface area contributed by atoms with Crippen LogP contribution in [0, 0.1) is 11.3 Å². The van der Waals surface area contributed by atoms with Crippen molar-refractivity contribution in [1.29, 1.82) is 5.26 Å². The Morgan fingerprint density at radius 2 is 2.19 bits per heavy atom. The van der Waals surface area contributed by atoms with Gasteiger partial charge in [-0.15, -0.1) is 0 Å². The minimum absolute atomic E-state index is 0.0830. The van der Waals surface area contributed by atoms with Crippen molar-refractivity contribution in [3.63, 3.8) is 0 Å². The maximum absolute atomic E-state index is 12.1. The molecule has 0 radical (unpaired) electrons. The molecule has 2 unspecified atom stereocenters. The second-order valence-electron chi connectivity index (χ2n) is 4.82. The first kappa shape index (κ1) is 13.0. The van der Waals surface area contributed by atoms with Gasteiger partial charge in [0.25, 0.3) is 0 Å². The molecule has 90 valence electrons. The molecule has 1 saturated heterocycles. The summed E-state index contributed by atoms with van der Waals surface area (Å²) in [7, 11) is 1.82. The highest BCUT2D eigenvalue weighted by atomic mass is 16.2. The minimum atomic E-state index is -0.271. The van der Waals surface area contributed by atoms with E-state index in [9.17, 15) is 4.79 Å². The molecule has 1 heterocycles. The molecule has 4 nitrogen and oxygen atoms in total. The van der Waals surface area contributed by atoms with Gasteiger partial charge in [0.05, 0.1) is 12.5 Å². The summed E-state index contributed by atoms with van der Waals surface area (Å²) in [4.78, 5) is 16.1. The topological polar surface area (TPSA) is 47.3 Å². The number of nitriles is 1. The van der Waals surface area contributed by atoms with E-state index in [-0.39, 0.29) is 18.4 Å². The molecule has 0 aromatic carbocycles. The first-order chi connectivity index (χ1) is 7.49. The van der Waals surface area contributed by atoms with Crippen LogP contribution < -0.4 is 0 Å². The highest BCUT2D eigenvalue weighted by Crippen LogP contribution is 2.21. The van der Waals surface area contributed by atoms with Gasteiger partial charge in [-0.25, -0.2) is 0 Å². The molecule has 1 aliphatic rings. The summed E-state index contributed by atoms with van der Waals surface area (Å²) in [6.07, 6.45) is 1.26. The summed E-state index contributed by atoms with van der Waals surface area (Å²) < 4.78 is 0. The molecule has 1 amide bonds. The van der Waals surface area contributed by atoms with Gasteiger partial charge in [0, 0.05) is 25.7 Å². The smallest absolute Gasteiger partial charge is 0.240 e. The fourth-order valence-electron chi connectivity index (χ4n) is 2.48. The number of carbonyl (C=O) groups is 1. The summed E-state index contributed by atoms with van der Waals surface area (Å²) in [6.45, 7) is 7.08. The lowest BCUT2D eigenvalue weighted by atomic mass is 10.1. The number of hydrogen-bond donors (Lipinski definition) is 0. The van der Waals surface area contributed by atoms with Crippen molar-refractivity contribution in [2.75, 3.05) is 13.6 Å². The van der Waals surface area contributed by atoms with Crippen LogP contribution in [0.3, 0.4) is 0 Å². The van der Waals surface area contributed by atoms with Crippen LogP contribution in [-0.4, -0.2) is 47.4 Å². The van der Waals surface area contributed by atoms with Gasteiger partial charge in [0.15, 0.2) is 0 Å². The van der Waals surface area contributed by atoms with E-state index in [0.717, 1.165) is 13.0 Å². The third kappa shape index (κ3) is 2.53. The first-order valence-corrected chi connectivity index (χ1v) is 5.88. The van der Waals surface area contributed by atoms with Crippen LogP contribution in [0.1, 0.15) is 33.6 Å². The van der Waals surface area contributed by atoms with Gasteiger partial charge in [0.1, 0.15) is 6.04 Å². The van der Waals surface area contributed by atoms with Crippen molar-refractivity contribution in [2.45, 2.75) is 51.7 Å². The molecular formula is C12H21N3O. The predicted molar refractivity (Wildman–Crippen MR) is 62.7 cm³/mol. The maximum Gasteiger partial charge on any atom is 0.240 e. The summed E-state index contributed by atoms with van der Waals surface area (Å²) >= 11 is 0. The Morgan fingerprint density at radius 1 is 1.56 bits per heavy atom. The van der Waals surface area contributed by atoms with Crippen LogP contribution in [0.5, 0.6) is 0 Å². The zero-order valence-electron chi connectivity index (χ0n) is 10.6. The molecule has 2 atom stereocenters. The van der Waals surface area contributed by atoms with Crippen molar-refractivity contribution in [1.82, 2.24) is 9.80 Å². The van der Waals surface area contributed by atoms with Gasteiger partial charge in [-0.2, -0.15) is 5.26 Å². The van der Waals surface area contributed by atoms with Gasteiger partial charge in [-0.3, -0.25) is 9.69 Å². The highest BCUT2D eigenvalue weighted by molar-refractivity contribution is 5.82. The minimum Gasteiger partial charge on any atom is -0.344 e. The molecule has 16 heavy (non-hydrogen) atoms. The van der Waals surface area contributed by atoms with Gasteiger partial charge in [-0.1, -0.05) is 0 Å². The standard InChI is InChI=1S/C12H21N3O/c1-9(2)15-10(3)6-8-14(4)12(16)11(15)5-7-13/h9-11H,5-6,8H2,1-4H3. The van der Waals surface area contributed by atoms with Gasteiger partial charge in [-0.05, 0) is 27.2 Å². The zero-order valence-corrected chi connectivity index (χ0v) is 10.6. The average Bonchev–Trinajstić information content (AvgIpc) is 2.32. The molecule has 4 heteroatoms. The Bertz CT molecular complexity index is 295. The van der Waals surface area contributed by atoms with E-state index in [0.29, 0.717) is 12.1 Å². The fourth-order valence-corrected chi connectivity index (χ4v) is 2.48. The summed E-state index contributed by atoms with van der Waals surface area (Å²) in [6, 6.07) is 2.51. The van der Waals surface area contributed by atoms with Crippen molar-refractivity contribution in [2.24, 2.45) is 0 Å². The zero-order chi connectivity index (χ0) is 12.3. The Balaban J connectivity index is 2.98. The largest absolute Gasteiger partial charge is 0.344 e. The number of likely N-dealkylation sites (N-methyl/N-ethyl adjacent to an activating group) is 1. The highest BCUT2D eigenvalue weighted by Gasteiger charge is 2.35. The van der Waals surface area contributed by atoms with E-state index in [1.165, 1.54) is 0 Å². The molecular weight excluding hydrogens is 202 g/mol. The molecule has 0 aromatic heterocycles. The molecule has 0 spiro atoms. The van der Waals surface area contributed by atoms with Crippen molar-refractivity contribution >= 4 is 5.91 Å². The Hall–Kier alpha value is -1.08. The van der Waals surface area contributed by atoms with E-state index in [2.05, 4.69) is 31.7 Å². The number of carbonyl (C=O) groups excluding carboxylic acids is 1. The molecule has 1 rings (SSSR count). The number of hydrogen-bond acceptors (Lipinski definition) is 3. The third-order valence-electron chi connectivity index (χ3n) is 3.29. The van der Waals surface area contributed by atoms with E-state index < -0.39 is 0 Å². The van der Waals surface area contributed by atoms with E-state index in [4.69, 9.17) is 5.26 Å². The Labute approximate surface area is 97.8 Å². The second kappa shape index (κ2) is 5.31. The lowest BCUT2D eigenvalue weighted by Crippen LogP contribution is -2.50. The second-order valence-corrected chi connectivity index (χ2v) is 4.82. The molecule has 0 aromatic rings. The normalized spacial score (nSPS) is 28.0. The molecule has 0 bridgehead atoms. The van der Waals surface area contributed by atoms with Crippen LogP contribution in [0.4, 0.5) is 0 Å². The quantitative estimate of drug-likeness (QED) is 0.707. The number of nitrogens with zero attached hydrogens (tertiary/aromatic N) is 3. The summed E-state index contributed by atoms with van der Waals surface area (Å²) in [5.74, 6) is 0.0830. The SMILES string of the molecule is CC(C)N1C(C)CCN(C)C(=O)C1CC#N. The number of amides is 1.